The Bertz CT molecular complexity index is 554. The van der Waals surface area contributed by atoms with Crippen LogP contribution in [0.3, 0.4) is 0 Å². The molecule has 5 nitrogen and oxygen atoms in total. The first-order valence-corrected chi connectivity index (χ1v) is 7.83. The second-order valence-corrected chi connectivity index (χ2v) is 5.58. The SMILES string of the molecule is COc1ccc(OCCN2CCC[C@H]2Cn2cccn2)cc1. The largest absolute Gasteiger partial charge is 0.497 e. The summed E-state index contributed by atoms with van der Waals surface area (Å²) in [5, 5.41) is 4.31. The van der Waals surface area contributed by atoms with E-state index in [9.17, 15) is 0 Å². The second kappa shape index (κ2) is 7.31. The van der Waals surface area contributed by atoms with Gasteiger partial charge in [0.15, 0.2) is 0 Å². The molecular formula is C17H23N3O2. The highest BCUT2D eigenvalue weighted by molar-refractivity contribution is 5.31. The van der Waals surface area contributed by atoms with E-state index in [1.165, 1.54) is 12.8 Å². The van der Waals surface area contributed by atoms with Gasteiger partial charge in [0, 0.05) is 25.0 Å². The van der Waals surface area contributed by atoms with Gasteiger partial charge in [0.25, 0.3) is 0 Å². The zero-order chi connectivity index (χ0) is 15.2. The van der Waals surface area contributed by atoms with Crippen LogP contribution in [0.1, 0.15) is 12.8 Å². The molecule has 3 rings (SSSR count). The minimum absolute atomic E-state index is 0.569. The zero-order valence-electron chi connectivity index (χ0n) is 13.0. The van der Waals surface area contributed by atoms with E-state index in [0.29, 0.717) is 12.6 Å². The fourth-order valence-corrected chi connectivity index (χ4v) is 2.97. The maximum absolute atomic E-state index is 5.83. The number of aromatic nitrogens is 2. The van der Waals surface area contributed by atoms with Gasteiger partial charge in [-0.3, -0.25) is 9.58 Å². The van der Waals surface area contributed by atoms with Crippen molar-refractivity contribution in [2.45, 2.75) is 25.4 Å². The van der Waals surface area contributed by atoms with Crippen molar-refractivity contribution in [3.05, 3.63) is 42.7 Å². The van der Waals surface area contributed by atoms with Crippen LogP contribution in [0.5, 0.6) is 11.5 Å². The molecule has 0 radical (unpaired) electrons. The number of hydrogen-bond donors (Lipinski definition) is 0. The van der Waals surface area contributed by atoms with Crippen LogP contribution < -0.4 is 9.47 Å². The predicted octanol–water partition coefficient (Wildman–Crippen LogP) is 2.44. The van der Waals surface area contributed by atoms with E-state index in [1.807, 2.05) is 47.4 Å². The molecule has 1 saturated heterocycles. The molecule has 2 heterocycles. The standard InChI is InChI=1S/C17H23N3O2/c1-21-16-5-7-17(8-6-16)22-13-12-19-10-2-4-15(19)14-20-11-3-9-18-20/h3,5-9,11,15H,2,4,10,12-14H2,1H3/t15-/m0/s1. The Kier molecular flexibility index (Phi) is 4.96. The average molecular weight is 301 g/mol. The summed E-state index contributed by atoms with van der Waals surface area (Å²) >= 11 is 0. The molecule has 0 spiro atoms. The Morgan fingerprint density at radius 1 is 1.23 bits per heavy atom. The average Bonchev–Trinajstić information content (AvgIpc) is 3.21. The maximum Gasteiger partial charge on any atom is 0.119 e. The molecule has 118 valence electrons. The van der Waals surface area contributed by atoms with Gasteiger partial charge in [0.1, 0.15) is 18.1 Å². The van der Waals surface area contributed by atoms with Crippen molar-refractivity contribution in [1.82, 2.24) is 14.7 Å². The highest BCUT2D eigenvalue weighted by Gasteiger charge is 2.24. The van der Waals surface area contributed by atoms with Crippen LogP contribution in [0.2, 0.25) is 0 Å². The van der Waals surface area contributed by atoms with Gasteiger partial charge in [-0.1, -0.05) is 0 Å². The van der Waals surface area contributed by atoms with E-state index in [4.69, 9.17) is 9.47 Å². The van der Waals surface area contributed by atoms with Gasteiger partial charge in [-0.05, 0) is 49.7 Å². The van der Waals surface area contributed by atoms with Crippen molar-refractivity contribution < 1.29 is 9.47 Å². The summed E-state index contributed by atoms with van der Waals surface area (Å²) < 4.78 is 13.0. The van der Waals surface area contributed by atoms with E-state index < -0.39 is 0 Å². The summed E-state index contributed by atoms with van der Waals surface area (Å²) in [6, 6.07) is 10.3. The Labute approximate surface area is 131 Å². The molecule has 5 heteroatoms. The number of nitrogens with zero attached hydrogens (tertiary/aromatic N) is 3. The van der Waals surface area contributed by atoms with Crippen LogP contribution in [-0.4, -0.2) is 47.5 Å². The van der Waals surface area contributed by atoms with Gasteiger partial charge >= 0.3 is 0 Å². The van der Waals surface area contributed by atoms with Crippen LogP contribution >= 0.6 is 0 Å². The second-order valence-electron chi connectivity index (χ2n) is 5.58. The third kappa shape index (κ3) is 3.80. The lowest BCUT2D eigenvalue weighted by Gasteiger charge is -2.24. The zero-order valence-corrected chi connectivity index (χ0v) is 13.0. The number of hydrogen-bond acceptors (Lipinski definition) is 4. The molecule has 1 fully saturated rings. The van der Waals surface area contributed by atoms with E-state index >= 15 is 0 Å². The van der Waals surface area contributed by atoms with Crippen molar-refractivity contribution >= 4 is 0 Å². The Morgan fingerprint density at radius 2 is 2.05 bits per heavy atom. The first-order chi connectivity index (χ1) is 10.8. The van der Waals surface area contributed by atoms with Crippen molar-refractivity contribution in [3.8, 4) is 11.5 Å². The summed E-state index contributed by atoms with van der Waals surface area (Å²) in [5.74, 6) is 1.75. The summed E-state index contributed by atoms with van der Waals surface area (Å²) in [4.78, 5) is 2.51. The first-order valence-electron chi connectivity index (χ1n) is 7.83. The van der Waals surface area contributed by atoms with Crippen molar-refractivity contribution in [1.29, 1.82) is 0 Å². The van der Waals surface area contributed by atoms with Crippen molar-refractivity contribution in [2.75, 3.05) is 26.8 Å². The minimum atomic E-state index is 0.569. The van der Waals surface area contributed by atoms with Gasteiger partial charge in [0.2, 0.25) is 0 Å². The number of rotatable bonds is 7. The lowest BCUT2D eigenvalue weighted by molar-refractivity contribution is 0.182. The molecule has 0 saturated carbocycles. The lowest BCUT2D eigenvalue weighted by Crippen LogP contribution is -2.36. The topological polar surface area (TPSA) is 39.5 Å². The quantitative estimate of drug-likeness (QED) is 0.787. The fourth-order valence-electron chi connectivity index (χ4n) is 2.97. The maximum atomic E-state index is 5.83. The number of methoxy groups -OCH3 is 1. The normalized spacial score (nSPS) is 18.5. The Balaban J connectivity index is 1.45. The fraction of sp³-hybridized carbons (Fsp3) is 0.471. The van der Waals surface area contributed by atoms with Crippen LogP contribution in [0.25, 0.3) is 0 Å². The molecule has 0 N–H and O–H groups in total. The highest BCUT2D eigenvalue weighted by Crippen LogP contribution is 2.20. The van der Waals surface area contributed by atoms with Crippen molar-refractivity contribution in [2.24, 2.45) is 0 Å². The summed E-state index contributed by atoms with van der Waals surface area (Å²) in [5.41, 5.74) is 0. The van der Waals surface area contributed by atoms with Gasteiger partial charge in [0.05, 0.1) is 13.7 Å². The third-order valence-corrected chi connectivity index (χ3v) is 4.16. The highest BCUT2D eigenvalue weighted by atomic mass is 16.5. The molecule has 0 aliphatic carbocycles. The molecule has 1 atom stereocenters. The van der Waals surface area contributed by atoms with Gasteiger partial charge < -0.3 is 9.47 Å². The number of likely N-dealkylation sites (tertiary alicyclic amines) is 1. The molecule has 1 aliphatic heterocycles. The molecule has 1 aliphatic rings. The van der Waals surface area contributed by atoms with Gasteiger partial charge in [-0.15, -0.1) is 0 Å². The first kappa shape index (κ1) is 14.9. The molecule has 22 heavy (non-hydrogen) atoms. The van der Waals surface area contributed by atoms with E-state index in [1.54, 1.807) is 7.11 Å². The molecule has 0 amide bonds. The molecule has 1 aromatic heterocycles. The van der Waals surface area contributed by atoms with Crippen LogP contribution in [-0.2, 0) is 6.54 Å². The molecule has 1 aromatic carbocycles. The monoisotopic (exact) mass is 301 g/mol. The smallest absolute Gasteiger partial charge is 0.119 e. The molecule has 0 bridgehead atoms. The molecular weight excluding hydrogens is 278 g/mol. The van der Waals surface area contributed by atoms with E-state index in [-0.39, 0.29) is 0 Å². The molecule has 2 aromatic rings. The van der Waals surface area contributed by atoms with Crippen LogP contribution in [0.15, 0.2) is 42.7 Å². The number of ether oxygens (including phenoxy) is 2. The predicted molar refractivity (Wildman–Crippen MR) is 85.3 cm³/mol. The van der Waals surface area contributed by atoms with E-state index in [0.717, 1.165) is 31.1 Å². The van der Waals surface area contributed by atoms with Gasteiger partial charge in [-0.2, -0.15) is 5.10 Å². The van der Waals surface area contributed by atoms with Crippen LogP contribution in [0.4, 0.5) is 0 Å². The van der Waals surface area contributed by atoms with Gasteiger partial charge in [-0.25, -0.2) is 0 Å². The van der Waals surface area contributed by atoms with E-state index in [2.05, 4.69) is 10.00 Å². The number of benzene rings is 1. The molecule has 0 unspecified atom stereocenters. The van der Waals surface area contributed by atoms with Crippen LogP contribution in [0, 0.1) is 0 Å². The third-order valence-electron chi connectivity index (χ3n) is 4.16. The summed E-state index contributed by atoms with van der Waals surface area (Å²) in [6.07, 6.45) is 6.37. The minimum Gasteiger partial charge on any atom is -0.497 e. The van der Waals surface area contributed by atoms with Crippen molar-refractivity contribution in [3.63, 3.8) is 0 Å². The Morgan fingerprint density at radius 3 is 2.77 bits per heavy atom. The summed E-state index contributed by atoms with van der Waals surface area (Å²) in [6.45, 7) is 3.79. The lowest BCUT2D eigenvalue weighted by atomic mass is 10.2. The summed E-state index contributed by atoms with van der Waals surface area (Å²) in [7, 11) is 1.67. The Hall–Kier alpha value is -2.01.